The first-order valence-electron chi connectivity index (χ1n) is 4.37. The average molecular weight is 210 g/mol. The Morgan fingerprint density at radius 1 is 1.50 bits per heavy atom. The van der Waals surface area contributed by atoms with Crippen molar-refractivity contribution in [3.63, 3.8) is 0 Å². The minimum Gasteiger partial charge on any atom is -0.491 e. The summed E-state index contributed by atoms with van der Waals surface area (Å²) in [6, 6.07) is 7.86. The van der Waals surface area contributed by atoms with Gasteiger partial charge >= 0.3 is 0 Å². The van der Waals surface area contributed by atoms with E-state index in [1.165, 1.54) is 0 Å². The first kappa shape index (κ1) is 10.9. The second-order valence-corrected chi connectivity index (χ2v) is 3.70. The molecule has 1 atom stereocenters. The van der Waals surface area contributed by atoms with Gasteiger partial charge in [0, 0.05) is 0 Å². The number of nitrogens with zero attached hydrogens (tertiary/aromatic N) is 1. The average Bonchev–Trinajstić information content (AvgIpc) is 2.19. The molecule has 0 aliphatic rings. The lowest BCUT2D eigenvalue weighted by Crippen LogP contribution is -2.09. The lowest BCUT2D eigenvalue weighted by Gasteiger charge is -2.09. The summed E-state index contributed by atoms with van der Waals surface area (Å²) in [5, 5.41) is 7.89. The van der Waals surface area contributed by atoms with E-state index in [2.05, 4.69) is 0 Å². The molecule has 1 rings (SSSR count). The van der Waals surface area contributed by atoms with Gasteiger partial charge < -0.3 is 4.74 Å². The van der Waals surface area contributed by atoms with Crippen LogP contribution in [0.2, 0.25) is 0 Å². The Morgan fingerprint density at radius 2 is 2.21 bits per heavy atom. The Labute approximate surface area is 89.1 Å². The van der Waals surface area contributed by atoms with Crippen molar-refractivity contribution in [2.75, 3.05) is 6.61 Å². The van der Waals surface area contributed by atoms with E-state index < -0.39 is 5.38 Å². The Hall–Kier alpha value is -1.20. The molecule has 3 heteroatoms. The van der Waals surface area contributed by atoms with E-state index in [9.17, 15) is 0 Å². The number of hydrogen-bond donors (Lipinski definition) is 0. The van der Waals surface area contributed by atoms with E-state index in [-0.39, 0.29) is 6.61 Å². The Kier molecular flexibility index (Phi) is 3.79. The molecule has 1 unspecified atom stereocenters. The maximum atomic E-state index is 8.47. The van der Waals surface area contributed by atoms with Gasteiger partial charge in [-0.05, 0) is 31.0 Å². The zero-order valence-electron chi connectivity index (χ0n) is 8.25. The molecule has 1 aromatic carbocycles. The molecule has 0 aromatic heterocycles. The smallest absolute Gasteiger partial charge is 0.154 e. The van der Waals surface area contributed by atoms with Gasteiger partial charge in [0.15, 0.2) is 5.38 Å². The monoisotopic (exact) mass is 209 g/mol. The van der Waals surface area contributed by atoms with Crippen LogP contribution in [-0.4, -0.2) is 12.0 Å². The zero-order valence-corrected chi connectivity index (χ0v) is 9.01. The molecule has 0 saturated carbocycles. The van der Waals surface area contributed by atoms with Crippen molar-refractivity contribution in [3.8, 4) is 11.8 Å². The van der Waals surface area contributed by atoms with Gasteiger partial charge in [0.05, 0.1) is 6.07 Å². The number of alkyl halides is 1. The van der Waals surface area contributed by atoms with Crippen LogP contribution in [-0.2, 0) is 0 Å². The highest BCUT2D eigenvalue weighted by molar-refractivity contribution is 6.22. The molecule has 0 heterocycles. The van der Waals surface area contributed by atoms with Gasteiger partial charge in [0.2, 0.25) is 0 Å². The highest BCUT2D eigenvalue weighted by atomic mass is 35.5. The van der Waals surface area contributed by atoms with Crippen LogP contribution in [0.3, 0.4) is 0 Å². The molecule has 0 amide bonds. The summed E-state index contributed by atoms with van der Waals surface area (Å²) in [6.45, 7) is 4.18. The molecule has 0 saturated heterocycles. The van der Waals surface area contributed by atoms with Crippen LogP contribution in [0, 0.1) is 25.2 Å². The molecule has 0 spiro atoms. The van der Waals surface area contributed by atoms with Gasteiger partial charge in [-0.2, -0.15) is 5.26 Å². The third kappa shape index (κ3) is 2.93. The van der Waals surface area contributed by atoms with Gasteiger partial charge in [0.25, 0.3) is 0 Å². The summed E-state index contributed by atoms with van der Waals surface area (Å²) in [5.41, 5.74) is 2.19. The lowest BCUT2D eigenvalue weighted by molar-refractivity contribution is 0.326. The van der Waals surface area contributed by atoms with Crippen LogP contribution >= 0.6 is 11.6 Å². The minimum atomic E-state index is -0.588. The van der Waals surface area contributed by atoms with Crippen molar-refractivity contribution < 1.29 is 4.74 Å². The standard InChI is InChI=1S/C11H12ClNO/c1-8-3-4-9(2)11(5-8)14-7-10(12)6-13/h3-5,10H,7H2,1-2H3. The number of benzene rings is 1. The second-order valence-electron chi connectivity index (χ2n) is 3.18. The number of nitriles is 1. The van der Waals surface area contributed by atoms with Crippen molar-refractivity contribution in [1.29, 1.82) is 5.26 Å². The molecule has 74 valence electrons. The number of ether oxygens (including phenoxy) is 1. The quantitative estimate of drug-likeness (QED) is 0.718. The van der Waals surface area contributed by atoms with Crippen molar-refractivity contribution in [2.45, 2.75) is 19.2 Å². The van der Waals surface area contributed by atoms with E-state index in [0.29, 0.717) is 0 Å². The number of rotatable bonds is 3. The highest BCUT2D eigenvalue weighted by Crippen LogP contribution is 2.19. The fourth-order valence-electron chi connectivity index (χ4n) is 1.06. The van der Waals surface area contributed by atoms with Crippen LogP contribution < -0.4 is 4.74 Å². The fraction of sp³-hybridized carbons (Fsp3) is 0.364. The Balaban J connectivity index is 2.67. The van der Waals surface area contributed by atoms with Gasteiger partial charge in [-0.25, -0.2) is 0 Å². The van der Waals surface area contributed by atoms with Crippen molar-refractivity contribution in [3.05, 3.63) is 29.3 Å². The van der Waals surface area contributed by atoms with Gasteiger partial charge in [-0.3, -0.25) is 0 Å². The van der Waals surface area contributed by atoms with Crippen molar-refractivity contribution in [2.24, 2.45) is 0 Å². The maximum Gasteiger partial charge on any atom is 0.154 e. The molecule has 0 fully saturated rings. The largest absolute Gasteiger partial charge is 0.491 e. The minimum absolute atomic E-state index is 0.225. The third-order valence-corrected chi connectivity index (χ3v) is 2.09. The Bertz CT molecular complexity index is 357. The fourth-order valence-corrected chi connectivity index (χ4v) is 1.13. The van der Waals surface area contributed by atoms with Crippen LogP contribution in [0.1, 0.15) is 11.1 Å². The normalized spacial score (nSPS) is 11.9. The molecule has 0 radical (unpaired) electrons. The summed E-state index contributed by atoms with van der Waals surface area (Å²) >= 11 is 5.62. The molecule has 0 aliphatic heterocycles. The maximum absolute atomic E-state index is 8.47. The lowest BCUT2D eigenvalue weighted by atomic mass is 10.1. The van der Waals surface area contributed by atoms with Crippen LogP contribution in [0.4, 0.5) is 0 Å². The summed E-state index contributed by atoms with van der Waals surface area (Å²) in [7, 11) is 0. The molecule has 14 heavy (non-hydrogen) atoms. The van der Waals surface area contributed by atoms with Crippen LogP contribution in [0.15, 0.2) is 18.2 Å². The zero-order chi connectivity index (χ0) is 10.6. The summed E-state index contributed by atoms with van der Waals surface area (Å²) in [5.74, 6) is 0.797. The third-order valence-electron chi connectivity index (χ3n) is 1.87. The molecule has 0 aliphatic carbocycles. The number of hydrogen-bond acceptors (Lipinski definition) is 2. The number of aryl methyl sites for hydroxylation is 2. The SMILES string of the molecule is Cc1ccc(C)c(OCC(Cl)C#N)c1. The highest BCUT2D eigenvalue weighted by Gasteiger charge is 2.05. The Morgan fingerprint density at radius 3 is 2.86 bits per heavy atom. The molecule has 2 nitrogen and oxygen atoms in total. The van der Waals surface area contributed by atoms with Gasteiger partial charge in [0.1, 0.15) is 12.4 Å². The van der Waals surface area contributed by atoms with Crippen LogP contribution in [0.25, 0.3) is 0 Å². The van der Waals surface area contributed by atoms with E-state index in [4.69, 9.17) is 21.6 Å². The number of halogens is 1. The van der Waals surface area contributed by atoms with E-state index in [1.807, 2.05) is 38.1 Å². The van der Waals surface area contributed by atoms with E-state index >= 15 is 0 Å². The van der Waals surface area contributed by atoms with Crippen molar-refractivity contribution in [1.82, 2.24) is 0 Å². The summed E-state index contributed by atoms with van der Waals surface area (Å²) < 4.78 is 5.42. The summed E-state index contributed by atoms with van der Waals surface area (Å²) in [4.78, 5) is 0. The second kappa shape index (κ2) is 4.88. The predicted molar refractivity (Wildman–Crippen MR) is 56.7 cm³/mol. The topological polar surface area (TPSA) is 33.0 Å². The molecular weight excluding hydrogens is 198 g/mol. The molecule has 0 N–H and O–H groups in total. The molecular formula is C11H12ClNO. The first-order chi connectivity index (χ1) is 6.63. The van der Waals surface area contributed by atoms with E-state index in [1.54, 1.807) is 0 Å². The van der Waals surface area contributed by atoms with E-state index in [0.717, 1.165) is 16.9 Å². The van der Waals surface area contributed by atoms with Gasteiger partial charge in [-0.15, -0.1) is 11.6 Å². The predicted octanol–water partition coefficient (Wildman–Crippen LogP) is 2.81. The first-order valence-corrected chi connectivity index (χ1v) is 4.81. The molecule has 1 aromatic rings. The van der Waals surface area contributed by atoms with Crippen LogP contribution in [0.5, 0.6) is 5.75 Å². The molecule has 0 bridgehead atoms. The van der Waals surface area contributed by atoms with Crippen molar-refractivity contribution >= 4 is 11.6 Å². The van der Waals surface area contributed by atoms with Gasteiger partial charge in [-0.1, -0.05) is 12.1 Å². The summed E-state index contributed by atoms with van der Waals surface area (Å²) in [6.07, 6.45) is 0.